The normalized spacial score (nSPS) is 20.7. The largest absolute Gasteiger partial charge is 0.279 e. The van der Waals surface area contributed by atoms with Crippen LogP contribution in [0.2, 0.25) is 0 Å². The number of alkyl halides is 1. The van der Waals surface area contributed by atoms with E-state index in [1.807, 2.05) is 0 Å². The first-order chi connectivity index (χ1) is 7.77. The second kappa shape index (κ2) is 5.99. The Labute approximate surface area is 113 Å². The van der Waals surface area contributed by atoms with Crippen molar-refractivity contribution in [2.24, 2.45) is 5.41 Å². The summed E-state index contributed by atoms with van der Waals surface area (Å²) in [5, 5.41) is 0.803. The monoisotopic (exact) mass is 326 g/mol. The van der Waals surface area contributed by atoms with Crippen molar-refractivity contribution in [2.75, 3.05) is 18.4 Å². The van der Waals surface area contributed by atoms with Crippen molar-refractivity contribution < 1.29 is 8.42 Å². The third-order valence-corrected chi connectivity index (χ3v) is 5.22. The maximum absolute atomic E-state index is 12.2. The predicted octanol–water partition coefficient (Wildman–Crippen LogP) is 2.12. The molecule has 6 heteroatoms. The summed E-state index contributed by atoms with van der Waals surface area (Å²) in [6, 6.07) is -0.0347. The first-order valence-corrected chi connectivity index (χ1v) is 8.67. The van der Waals surface area contributed by atoms with Gasteiger partial charge in [0.25, 0.3) is 10.2 Å². The Balaban J connectivity index is 2.72. The van der Waals surface area contributed by atoms with Gasteiger partial charge < -0.3 is 0 Å². The highest BCUT2D eigenvalue weighted by Gasteiger charge is 2.32. The molecule has 0 aromatic heterocycles. The molecule has 1 atom stereocenters. The van der Waals surface area contributed by atoms with Gasteiger partial charge in [-0.1, -0.05) is 36.7 Å². The van der Waals surface area contributed by atoms with Gasteiger partial charge in [-0.2, -0.15) is 17.4 Å². The van der Waals surface area contributed by atoms with Crippen molar-refractivity contribution in [3.63, 3.8) is 0 Å². The van der Waals surface area contributed by atoms with Gasteiger partial charge in [-0.15, -0.1) is 0 Å². The minimum atomic E-state index is -3.30. The molecule has 0 bridgehead atoms. The summed E-state index contributed by atoms with van der Waals surface area (Å²) in [6.07, 6.45) is 2.75. The fourth-order valence-corrected chi connectivity index (χ4v) is 4.14. The van der Waals surface area contributed by atoms with E-state index in [0.29, 0.717) is 13.1 Å². The minimum absolute atomic E-state index is 0.0347. The van der Waals surface area contributed by atoms with E-state index in [1.165, 1.54) is 0 Å². The fraction of sp³-hybridized carbons (Fsp3) is 1.00. The van der Waals surface area contributed by atoms with E-state index in [4.69, 9.17) is 0 Å². The van der Waals surface area contributed by atoms with Crippen LogP contribution in [0.3, 0.4) is 0 Å². The van der Waals surface area contributed by atoms with E-state index in [2.05, 4.69) is 41.4 Å². The van der Waals surface area contributed by atoms with E-state index in [9.17, 15) is 8.42 Å². The minimum Gasteiger partial charge on any atom is -0.198 e. The maximum Gasteiger partial charge on any atom is 0.279 e. The lowest BCUT2D eigenvalue weighted by Crippen LogP contribution is -2.49. The van der Waals surface area contributed by atoms with Crippen LogP contribution in [0, 0.1) is 5.41 Å². The van der Waals surface area contributed by atoms with Gasteiger partial charge in [0.05, 0.1) is 0 Å². The van der Waals surface area contributed by atoms with Gasteiger partial charge in [0.2, 0.25) is 0 Å². The van der Waals surface area contributed by atoms with E-state index >= 15 is 0 Å². The highest BCUT2D eigenvalue weighted by Crippen LogP contribution is 2.24. The highest BCUT2D eigenvalue weighted by molar-refractivity contribution is 9.09. The standard InChI is InChI=1S/C11H23BrN2O2S/c1-11(2,3)10(6-7-12)13-17(15,16)14-8-4-5-9-14/h10,13H,4-9H2,1-3H3. The van der Waals surface area contributed by atoms with Crippen LogP contribution in [0.25, 0.3) is 0 Å². The second-order valence-corrected chi connectivity index (χ2v) is 8.12. The molecule has 0 aliphatic carbocycles. The Morgan fingerprint density at radius 2 is 1.82 bits per heavy atom. The van der Waals surface area contributed by atoms with Gasteiger partial charge >= 0.3 is 0 Å². The Hall–Kier alpha value is 0.350. The summed E-state index contributed by atoms with van der Waals surface area (Å²) < 4.78 is 28.7. The number of rotatable bonds is 5. The van der Waals surface area contributed by atoms with Gasteiger partial charge in [-0.3, -0.25) is 0 Å². The number of halogens is 1. The number of hydrogen-bond donors (Lipinski definition) is 1. The maximum atomic E-state index is 12.2. The molecule has 0 radical (unpaired) electrons. The fourth-order valence-electron chi connectivity index (χ4n) is 1.96. The van der Waals surface area contributed by atoms with Crippen LogP contribution < -0.4 is 4.72 Å². The number of nitrogens with one attached hydrogen (secondary N) is 1. The van der Waals surface area contributed by atoms with Gasteiger partial charge in [0.1, 0.15) is 0 Å². The van der Waals surface area contributed by atoms with Crippen LogP contribution in [-0.2, 0) is 10.2 Å². The molecule has 0 aromatic rings. The Bertz CT molecular complexity index is 332. The molecule has 4 nitrogen and oxygen atoms in total. The van der Waals surface area contributed by atoms with Crippen LogP contribution in [-0.4, -0.2) is 37.2 Å². The highest BCUT2D eigenvalue weighted by atomic mass is 79.9. The van der Waals surface area contributed by atoms with Crippen LogP contribution in [0.1, 0.15) is 40.0 Å². The molecule has 0 amide bonds. The smallest absolute Gasteiger partial charge is 0.198 e. The number of nitrogens with zero attached hydrogens (tertiary/aromatic N) is 1. The molecule has 0 aromatic carbocycles. The van der Waals surface area contributed by atoms with Crippen molar-refractivity contribution >= 4 is 26.1 Å². The Kier molecular flexibility index (Phi) is 5.43. The van der Waals surface area contributed by atoms with E-state index in [0.717, 1.165) is 24.6 Å². The van der Waals surface area contributed by atoms with Gasteiger partial charge in [-0.25, -0.2) is 0 Å². The lowest BCUT2D eigenvalue weighted by Gasteiger charge is -2.32. The molecule has 102 valence electrons. The van der Waals surface area contributed by atoms with E-state index in [1.54, 1.807) is 4.31 Å². The molecular formula is C11H23BrN2O2S. The SMILES string of the molecule is CC(C)(C)C(CCBr)NS(=O)(=O)N1CCCC1. The Morgan fingerprint density at radius 1 is 1.29 bits per heavy atom. The second-order valence-electron chi connectivity index (χ2n) is 5.63. The molecule has 1 fully saturated rings. The summed E-state index contributed by atoms with van der Waals surface area (Å²) in [6.45, 7) is 7.49. The molecule has 1 aliphatic heterocycles. The molecule has 17 heavy (non-hydrogen) atoms. The summed E-state index contributed by atoms with van der Waals surface area (Å²) in [4.78, 5) is 0. The van der Waals surface area contributed by atoms with E-state index < -0.39 is 10.2 Å². The summed E-state index contributed by atoms with van der Waals surface area (Å²) in [7, 11) is -3.30. The first kappa shape index (κ1) is 15.4. The van der Waals surface area contributed by atoms with Crippen molar-refractivity contribution in [1.29, 1.82) is 0 Å². The third-order valence-electron chi connectivity index (χ3n) is 3.14. The van der Waals surface area contributed by atoms with Crippen molar-refractivity contribution in [3.8, 4) is 0 Å². The molecule has 1 rings (SSSR count). The molecular weight excluding hydrogens is 304 g/mol. The topological polar surface area (TPSA) is 49.4 Å². The zero-order valence-corrected chi connectivity index (χ0v) is 13.3. The van der Waals surface area contributed by atoms with Gasteiger partial charge in [0.15, 0.2) is 0 Å². The van der Waals surface area contributed by atoms with Crippen molar-refractivity contribution in [3.05, 3.63) is 0 Å². The van der Waals surface area contributed by atoms with Gasteiger partial charge in [-0.05, 0) is 24.7 Å². The van der Waals surface area contributed by atoms with Gasteiger partial charge in [0, 0.05) is 24.5 Å². The molecule has 1 aliphatic rings. The Morgan fingerprint density at radius 3 is 2.24 bits per heavy atom. The quantitative estimate of drug-likeness (QED) is 0.787. The van der Waals surface area contributed by atoms with Crippen LogP contribution in [0.5, 0.6) is 0 Å². The van der Waals surface area contributed by atoms with Crippen LogP contribution >= 0.6 is 15.9 Å². The molecule has 1 saturated heterocycles. The average molecular weight is 327 g/mol. The summed E-state index contributed by atoms with van der Waals surface area (Å²) >= 11 is 3.39. The zero-order chi connectivity index (χ0) is 13.1. The molecule has 0 spiro atoms. The molecule has 0 saturated carbocycles. The summed E-state index contributed by atoms with van der Waals surface area (Å²) in [5.74, 6) is 0. The third kappa shape index (κ3) is 4.50. The number of hydrogen-bond acceptors (Lipinski definition) is 2. The lowest BCUT2D eigenvalue weighted by atomic mass is 9.86. The van der Waals surface area contributed by atoms with E-state index in [-0.39, 0.29) is 11.5 Å². The predicted molar refractivity (Wildman–Crippen MR) is 74.5 cm³/mol. The van der Waals surface area contributed by atoms with Crippen LogP contribution in [0.4, 0.5) is 0 Å². The molecule has 1 unspecified atom stereocenters. The lowest BCUT2D eigenvalue weighted by molar-refractivity contribution is 0.287. The summed E-state index contributed by atoms with van der Waals surface area (Å²) in [5.41, 5.74) is -0.0689. The zero-order valence-electron chi connectivity index (χ0n) is 10.9. The first-order valence-electron chi connectivity index (χ1n) is 6.11. The average Bonchev–Trinajstić information content (AvgIpc) is 2.68. The molecule has 1 heterocycles. The van der Waals surface area contributed by atoms with Crippen molar-refractivity contribution in [2.45, 2.75) is 46.1 Å². The van der Waals surface area contributed by atoms with Crippen molar-refractivity contribution in [1.82, 2.24) is 9.03 Å². The molecule has 1 N–H and O–H groups in total. The van der Waals surface area contributed by atoms with Crippen LogP contribution in [0.15, 0.2) is 0 Å².